The molecule has 0 atom stereocenters. The van der Waals surface area contributed by atoms with Crippen LogP contribution in [0, 0.1) is 0 Å². The maximum atomic E-state index is 12.1. The second-order valence-electron chi connectivity index (χ2n) is 7.31. The Bertz CT molecular complexity index is 526. The number of benzene rings is 1. The molecule has 1 aromatic carbocycles. The molecule has 0 bridgehead atoms. The van der Waals surface area contributed by atoms with Crippen LogP contribution in [0.3, 0.4) is 0 Å². The summed E-state index contributed by atoms with van der Waals surface area (Å²) in [6.07, 6.45) is 13.6. The number of hydrogen-bond donors (Lipinski definition) is 2. The fourth-order valence-electron chi connectivity index (χ4n) is 3.03. The van der Waals surface area contributed by atoms with Gasteiger partial charge in [-0.2, -0.15) is 0 Å². The minimum Gasteiger partial charge on any atom is -0.352 e. The van der Waals surface area contributed by atoms with Crippen LogP contribution in [0.1, 0.15) is 101 Å². The van der Waals surface area contributed by atoms with E-state index in [1.54, 1.807) is 24.3 Å². The van der Waals surface area contributed by atoms with Crippen molar-refractivity contribution in [2.45, 2.75) is 90.9 Å². The molecule has 0 saturated carbocycles. The van der Waals surface area contributed by atoms with Crippen LogP contribution in [0.2, 0.25) is 0 Å². The first kappa shape index (κ1) is 23.2. The van der Waals surface area contributed by atoms with Crippen molar-refractivity contribution in [3.05, 3.63) is 29.8 Å². The lowest BCUT2D eigenvalue weighted by molar-refractivity contribution is -0.116. The monoisotopic (exact) mass is 374 g/mol. The third kappa shape index (κ3) is 11.5. The molecule has 4 nitrogen and oxygen atoms in total. The van der Waals surface area contributed by atoms with E-state index in [-0.39, 0.29) is 11.8 Å². The highest BCUT2D eigenvalue weighted by Crippen LogP contribution is 2.12. The van der Waals surface area contributed by atoms with Gasteiger partial charge in [-0.3, -0.25) is 9.59 Å². The predicted molar refractivity (Wildman–Crippen MR) is 114 cm³/mol. The second kappa shape index (κ2) is 15.2. The molecule has 0 aliphatic heterocycles. The zero-order chi connectivity index (χ0) is 19.7. The van der Waals surface area contributed by atoms with Crippen molar-refractivity contribution in [2.75, 3.05) is 11.9 Å². The first-order valence-electron chi connectivity index (χ1n) is 10.9. The molecular formula is C23H38N2O2. The molecule has 0 aromatic heterocycles. The molecule has 0 aliphatic carbocycles. The van der Waals surface area contributed by atoms with Gasteiger partial charge in [0.1, 0.15) is 0 Å². The normalized spacial score (nSPS) is 10.6. The molecule has 0 fully saturated rings. The van der Waals surface area contributed by atoms with E-state index < -0.39 is 0 Å². The quantitative estimate of drug-likeness (QED) is 0.366. The summed E-state index contributed by atoms with van der Waals surface area (Å²) in [5, 5.41) is 5.86. The Hall–Kier alpha value is -1.84. The molecule has 0 unspecified atom stereocenters. The van der Waals surface area contributed by atoms with Crippen LogP contribution < -0.4 is 10.6 Å². The van der Waals surface area contributed by atoms with Crippen LogP contribution in [0.25, 0.3) is 0 Å². The van der Waals surface area contributed by atoms with Crippen molar-refractivity contribution in [2.24, 2.45) is 0 Å². The summed E-state index contributed by atoms with van der Waals surface area (Å²) in [6, 6.07) is 7.14. The van der Waals surface area contributed by atoms with E-state index >= 15 is 0 Å². The highest BCUT2D eigenvalue weighted by Gasteiger charge is 2.06. The van der Waals surface area contributed by atoms with Crippen LogP contribution in [0.5, 0.6) is 0 Å². The third-order valence-electron chi connectivity index (χ3n) is 4.75. The zero-order valence-corrected chi connectivity index (χ0v) is 17.3. The molecule has 1 rings (SSSR count). The van der Waals surface area contributed by atoms with Gasteiger partial charge in [0.05, 0.1) is 0 Å². The fraction of sp³-hybridized carbons (Fsp3) is 0.652. The molecule has 1 aromatic rings. The van der Waals surface area contributed by atoms with Crippen molar-refractivity contribution >= 4 is 17.5 Å². The topological polar surface area (TPSA) is 58.2 Å². The highest BCUT2D eigenvalue weighted by atomic mass is 16.2. The third-order valence-corrected chi connectivity index (χ3v) is 4.75. The second-order valence-corrected chi connectivity index (χ2v) is 7.31. The average molecular weight is 375 g/mol. The smallest absolute Gasteiger partial charge is 0.251 e. The van der Waals surface area contributed by atoms with Gasteiger partial charge in [0.15, 0.2) is 0 Å². The molecule has 2 amide bonds. The summed E-state index contributed by atoms with van der Waals surface area (Å²) in [4.78, 5) is 24.1. The van der Waals surface area contributed by atoms with E-state index in [4.69, 9.17) is 0 Å². The maximum absolute atomic E-state index is 12.1. The van der Waals surface area contributed by atoms with Gasteiger partial charge in [-0.1, -0.05) is 71.6 Å². The Kier molecular flexibility index (Phi) is 13.1. The summed E-state index contributed by atoms with van der Waals surface area (Å²) < 4.78 is 0. The van der Waals surface area contributed by atoms with E-state index in [0.717, 1.165) is 37.9 Å². The van der Waals surface area contributed by atoms with Crippen LogP contribution >= 0.6 is 0 Å². The van der Waals surface area contributed by atoms with Gasteiger partial charge in [0.2, 0.25) is 5.91 Å². The van der Waals surface area contributed by atoms with Crippen molar-refractivity contribution < 1.29 is 9.59 Å². The molecule has 0 saturated heterocycles. The fourth-order valence-corrected chi connectivity index (χ4v) is 3.03. The van der Waals surface area contributed by atoms with Gasteiger partial charge in [-0.15, -0.1) is 0 Å². The predicted octanol–water partition coefficient (Wildman–Crippen LogP) is 6.08. The molecule has 0 spiro atoms. The maximum Gasteiger partial charge on any atom is 0.251 e. The van der Waals surface area contributed by atoms with Crippen molar-refractivity contribution in [3.8, 4) is 0 Å². The summed E-state index contributed by atoms with van der Waals surface area (Å²) >= 11 is 0. The van der Waals surface area contributed by atoms with Crippen LogP contribution in [0.4, 0.5) is 5.69 Å². The summed E-state index contributed by atoms with van der Waals surface area (Å²) in [5.74, 6) is 0.00383. The number of unbranched alkanes of at least 4 members (excludes halogenated alkanes) is 9. The van der Waals surface area contributed by atoms with Gasteiger partial charge >= 0.3 is 0 Å². The van der Waals surface area contributed by atoms with Gasteiger partial charge in [-0.05, 0) is 37.1 Å². The largest absolute Gasteiger partial charge is 0.352 e. The molecule has 0 heterocycles. The minimum absolute atomic E-state index is 0.0487. The first-order valence-corrected chi connectivity index (χ1v) is 10.9. The summed E-state index contributed by atoms with van der Waals surface area (Å²) in [6.45, 7) is 5.11. The molecule has 0 aliphatic rings. The average Bonchev–Trinajstić information content (AvgIpc) is 2.67. The summed E-state index contributed by atoms with van der Waals surface area (Å²) in [5.41, 5.74) is 1.39. The van der Waals surface area contributed by atoms with E-state index in [1.807, 2.05) is 0 Å². The zero-order valence-electron chi connectivity index (χ0n) is 17.3. The molecule has 0 radical (unpaired) electrons. The number of carbonyl (C=O) groups is 2. The number of amides is 2. The number of nitrogens with one attached hydrogen (secondary N) is 2. The SMILES string of the molecule is CCCCCCCCCC(=O)Nc1ccc(C(=O)NCCCCCC)cc1. The van der Waals surface area contributed by atoms with Crippen molar-refractivity contribution in [1.82, 2.24) is 5.32 Å². The summed E-state index contributed by atoms with van der Waals surface area (Å²) in [7, 11) is 0. The minimum atomic E-state index is -0.0487. The van der Waals surface area contributed by atoms with Crippen molar-refractivity contribution in [3.63, 3.8) is 0 Å². The van der Waals surface area contributed by atoms with Crippen molar-refractivity contribution in [1.29, 1.82) is 0 Å². The Morgan fingerprint density at radius 3 is 1.93 bits per heavy atom. The van der Waals surface area contributed by atoms with Gasteiger partial charge < -0.3 is 10.6 Å². The first-order chi connectivity index (χ1) is 13.2. The number of anilines is 1. The van der Waals surface area contributed by atoms with Gasteiger partial charge in [-0.25, -0.2) is 0 Å². The van der Waals surface area contributed by atoms with Gasteiger partial charge in [0.25, 0.3) is 5.91 Å². The standard InChI is InChI=1S/C23H38N2O2/c1-3-5-7-9-10-11-12-14-22(26)25-21-17-15-20(16-18-21)23(27)24-19-13-8-6-4-2/h15-18H,3-14,19H2,1-2H3,(H,24,27)(H,25,26). The Balaban J connectivity index is 2.21. The molecule has 2 N–H and O–H groups in total. The van der Waals surface area contributed by atoms with Crippen LogP contribution in [-0.2, 0) is 4.79 Å². The van der Waals surface area contributed by atoms with E-state index in [2.05, 4.69) is 24.5 Å². The molecule has 4 heteroatoms. The lowest BCUT2D eigenvalue weighted by atomic mass is 10.1. The van der Waals surface area contributed by atoms with Crippen LogP contribution in [-0.4, -0.2) is 18.4 Å². The molecular weight excluding hydrogens is 336 g/mol. The number of carbonyl (C=O) groups excluding carboxylic acids is 2. The lowest BCUT2D eigenvalue weighted by Crippen LogP contribution is -2.24. The Labute approximate surface area is 165 Å². The van der Waals surface area contributed by atoms with E-state index in [1.165, 1.54) is 44.9 Å². The number of rotatable bonds is 15. The number of hydrogen-bond acceptors (Lipinski definition) is 2. The van der Waals surface area contributed by atoms with E-state index in [0.29, 0.717) is 12.0 Å². The van der Waals surface area contributed by atoms with Crippen LogP contribution in [0.15, 0.2) is 24.3 Å². The van der Waals surface area contributed by atoms with E-state index in [9.17, 15) is 9.59 Å². The Morgan fingerprint density at radius 2 is 1.30 bits per heavy atom. The highest BCUT2D eigenvalue weighted by molar-refractivity contribution is 5.95. The van der Waals surface area contributed by atoms with Gasteiger partial charge in [0, 0.05) is 24.2 Å². The molecule has 152 valence electrons. The Morgan fingerprint density at radius 1 is 0.741 bits per heavy atom. The lowest BCUT2D eigenvalue weighted by Gasteiger charge is -2.08. The molecule has 27 heavy (non-hydrogen) atoms.